The smallest absolute Gasteiger partial charge is 0.110 e. The van der Waals surface area contributed by atoms with Crippen LogP contribution < -0.4 is 0 Å². The Hall–Kier alpha value is -0.810. The monoisotopic (exact) mass is 221 g/mol. The highest BCUT2D eigenvalue weighted by atomic mass is 32.1. The standard InChI is InChI=1S/C13H19NS/c1-3-5-7-11(6-4-2)12-8-9-15-13(12)10-14/h8-9,11H,3-7H2,1-2H3. The van der Waals surface area contributed by atoms with Crippen LogP contribution in [0.5, 0.6) is 0 Å². The van der Waals surface area contributed by atoms with Crippen molar-refractivity contribution in [2.24, 2.45) is 0 Å². The fraction of sp³-hybridized carbons (Fsp3) is 0.615. The van der Waals surface area contributed by atoms with E-state index < -0.39 is 0 Å². The molecule has 1 aromatic heterocycles. The van der Waals surface area contributed by atoms with Gasteiger partial charge >= 0.3 is 0 Å². The van der Waals surface area contributed by atoms with Crippen molar-refractivity contribution in [2.75, 3.05) is 0 Å². The van der Waals surface area contributed by atoms with Gasteiger partial charge in [-0.05, 0) is 35.8 Å². The van der Waals surface area contributed by atoms with Crippen molar-refractivity contribution in [2.45, 2.75) is 51.9 Å². The average molecular weight is 221 g/mol. The van der Waals surface area contributed by atoms with E-state index in [0.29, 0.717) is 5.92 Å². The highest BCUT2D eigenvalue weighted by Gasteiger charge is 2.15. The van der Waals surface area contributed by atoms with E-state index >= 15 is 0 Å². The average Bonchev–Trinajstić information content (AvgIpc) is 2.72. The Kier molecular flexibility index (Phi) is 5.42. The van der Waals surface area contributed by atoms with Crippen LogP contribution in [0.1, 0.15) is 62.3 Å². The summed E-state index contributed by atoms with van der Waals surface area (Å²) >= 11 is 1.58. The second-order valence-corrected chi connectivity index (χ2v) is 4.86. The molecule has 0 saturated heterocycles. The Morgan fingerprint density at radius 3 is 2.73 bits per heavy atom. The molecule has 0 amide bonds. The van der Waals surface area contributed by atoms with Gasteiger partial charge in [0.05, 0.1) is 0 Å². The Labute approximate surface area is 96.7 Å². The van der Waals surface area contributed by atoms with Gasteiger partial charge in [0.2, 0.25) is 0 Å². The quantitative estimate of drug-likeness (QED) is 0.683. The van der Waals surface area contributed by atoms with E-state index in [1.165, 1.54) is 37.7 Å². The van der Waals surface area contributed by atoms with Crippen molar-refractivity contribution in [3.05, 3.63) is 21.9 Å². The normalized spacial score (nSPS) is 12.3. The van der Waals surface area contributed by atoms with Crippen LogP contribution in [0.15, 0.2) is 11.4 Å². The zero-order valence-corrected chi connectivity index (χ0v) is 10.4. The molecule has 1 aromatic rings. The predicted octanol–water partition coefficient (Wildman–Crippen LogP) is 4.69. The minimum absolute atomic E-state index is 0.607. The van der Waals surface area contributed by atoms with Crippen molar-refractivity contribution in [1.29, 1.82) is 5.26 Å². The number of nitrogens with zero attached hydrogens (tertiary/aromatic N) is 1. The van der Waals surface area contributed by atoms with Gasteiger partial charge in [-0.2, -0.15) is 5.26 Å². The van der Waals surface area contributed by atoms with E-state index in [0.717, 1.165) is 4.88 Å². The summed E-state index contributed by atoms with van der Waals surface area (Å²) in [7, 11) is 0. The molecular weight excluding hydrogens is 202 g/mol. The first-order valence-electron chi connectivity index (χ1n) is 5.80. The number of nitriles is 1. The zero-order chi connectivity index (χ0) is 11.1. The Bertz CT molecular complexity index is 322. The molecule has 0 saturated carbocycles. The predicted molar refractivity (Wildman–Crippen MR) is 66.2 cm³/mol. The van der Waals surface area contributed by atoms with Crippen LogP contribution in [0, 0.1) is 11.3 Å². The van der Waals surface area contributed by atoms with E-state index in [4.69, 9.17) is 5.26 Å². The van der Waals surface area contributed by atoms with Gasteiger partial charge in [0.1, 0.15) is 10.9 Å². The summed E-state index contributed by atoms with van der Waals surface area (Å²) in [5, 5.41) is 11.1. The van der Waals surface area contributed by atoms with Crippen LogP contribution in [0.2, 0.25) is 0 Å². The molecule has 0 radical (unpaired) electrons. The Morgan fingerprint density at radius 2 is 2.13 bits per heavy atom. The van der Waals surface area contributed by atoms with Crippen LogP contribution >= 0.6 is 11.3 Å². The minimum Gasteiger partial charge on any atom is -0.192 e. The van der Waals surface area contributed by atoms with Gasteiger partial charge in [-0.15, -0.1) is 11.3 Å². The molecule has 15 heavy (non-hydrogen) atoms. The fourth-order valence-corrected chi connectivity index (χ4v) is 2.76. The van der Waals surface area contributed by atoms with Crippen molar-refractivity contribution in [1.82, 2.24) is 0 Å². The van der Waals surface area contributed by atoms with Crippen LogP contribution in [0.4, 0.5) is 0 Å². The highest BCUT2D eigenvalue weighted by Crippen LogP contribution is 2.31. The lowest BCUT2D eigenvalue weighted by molar-refractivity contribution is 0.541. The summed E-state index contributed by atoms with van der Waals surface area (Å²) in [5.74, 6) is 0.607. The zero-order valence-electron chi connectivity index (χ0n) is 9.62. The van der Waals surface area contributed by atoms with Gasteiger partial charge in [-0.1, -0.05) is 33.1 Å². The molecular formula is C13H19NS. The summed E-state index contributed by atoms with van der Waals surface area (Å²) < 4.78 is 0. The van der Waals surface area contributed by atoms with Gasteiger partial charge in [-0.25, -0.2) is 0 Å². The van der Waals surface area contributed by atoms with E-state index in [1.807, 2.05) is 5.38 Å². The molecule has 2 heteroatoms. The highest BCUT2D eigenvalue weighted by molar-refractivity contribution is 7.10. The van der Waals surface area contributed by atoms with Crippen molar-refractivity contribution >= 4 is 11.3 Å². The van der Waals surface area contributed by atoms with E-state index in [1.54, 1.807) is 11.3 Å². The lowest BCUT2D eigenvalue weighted by Crippen LogP contribution is -1.99. The van der Waals surface area contributed by atoms with E-state index in [9.17, 15) is 0 Å². The maximum absolute atomic E-state index is 9.01. The van der Waals surface area contributed by atoms with Crippen LogP contribution in [-0.4, -0.2) is 0 Å². The third-order valence-electron chi connectivity index (χ3n) is 2.78. The second-order valence-electron chi connectivity index (χ2n) is 3.94. The summed E-state index contributed by atoms with van der Waals surface area (Å²) in [6, 6.07) is 4.45. The number of hydrogen-bond acceptors (Lipinski definition) is 2. The minimum atomic E-state index is 0.607. The maximum Gasteiger partial charge on any atom is 0.110 e. The molecule has 0 fully saturated rings. The lowest BCUT2D eigenvalue weighted by atomic mass is 9.90. The molecule has 0 aromatic carbocycles. The first-order chi connectivity index (χ1) is 7.33. The SMILES string of the molecule is CCCCC(CCC)c1ccsc1C#N. The van der Waals surface area contributed by atoms with Gasteiger partial charge < -0.3 is 0 Å². The van der Waals surface area contributed by atoms with Crippen LogP contribution in [-0.2, 0) is 0 Å². The first kappa shape index (κ1) is 12.3. The van der Waals surface area contributed by atoms with Crippen LogP contribution in [0.25, 0.3) is 0 Å². The lowest BCUT2D eigenvalue weighted by Gasteiger charge is -2.14. The summed E-state index contributed by atoms with van der Waals surface area (Å²) in [5.41, 5.74) is 1.29. The summed E-state index contributed by atoms with van der Waals surface area (Å²) in [4.78, 5) is 0.921. The van der Waals surface area contributed by atoms with Crippen molar-refractivity contribution in [3.63, 3.8) is 0 Å². The molecule has 0 aliphatic rings. The first-order valence-corrected chi connectivity index (χ1v) is 6.68. The van der Waals surface area contributed by atoms with Gasteiger partial charge in [-0.3, -0.25) is 0 Å². The maximum atomic E-state index is 9.01. The fourth-order valence-electron chi connectivity index (χ4n) is 1.99. The third-order valence-corrected chi connectivity index (χ3v) is 3.62. The van der Waals surface area contributed by atoms with Crippen molar-refractivity contribution < 1.29 is 0 Å². The number of unbranched alkanes of at least 4 members (excludes halogenated alkanes) is 1. The number of rotatable bonds is 6. The molecule has 0 aliphatic heterocycles. The third kappa shape index (κ3) is 3.35. The van der Waals surface area contributed by atoms with E-state index in [2.05, 4.69) is 26.0 Å². The summed E-state index contributed by atoms with van der Waals surface area (Å²) in [6.45, 7) is 4.44. The van der Waals surface area contributed by atoms with Crippen LogP contribution in [0.3, 0.4) is 0 Å². The number of hydrogen-bond donors (Lipinski definition) is 0. The molecule has 0 aliphatic carbocycles. The number of thiophene rings is 1. The molecule has 1 atom stereocenters. The summed E-state index contributed by atoms with van der Waals surface area (Å²) in [6.07, 6.45) is 6.16. The second kappa shape index (κ2) is 6.63. The molecule has 0 spiro atoms. The molecule has 1 unspecified atom stereocenters. The van der Waals surface area contributed by atoms with Crippen molar-refractivity contribution in [3.8, 4) is 6.07 Å². The Morgan fingerprint density at radius 1 is 1.33 bits per heavy atom. The molecule has 0 bridgehead atoms. The molecule has 1 nitrogen and oxygen atoms in total. The molecule has 1 rings (SSSR count). The topological polar surface area (TPSA) is 23.8 Å². The van der Waals surface area contributed by atoms with Gasteiger partial charge in [0.15, 0.2) is 0 Å². The molecule has 82 valence electrons. The molecule has 0 N–H and O–H groups in total. The largest absolute Gasteiger partial charge is 0.192 e. The Balaban J connectivity index is 2.74. The molecule has 1 heterocycles. The van der Waals surface area contributed by atoms with Gasteiger partial charge in [0, 0.05) is 0 Å². The van der Waals surface area contributed by atoms with E-state index in [-0.39, 0.29) is 0 Å². The van der Waals surface area contributed by atoms with Gasteiger partial charge in [0.25, 0.3) is 0 Å².